The average molecular weight is 534 g/mol. The largest absolute Gasteiger partial charge is 0.497 e. The molecular formula is C28H22Br2O. The third-order valence-electron chi connectivity index (χ3n) is 6.37. The molecular weight excluding hydrogens is 512 g/mol. The highest BCUT2D eigenvalue weighted by molar-refractivity contribution is 9.10. The van der Waals surface area contributed by atoms with Gasteiger partial charge in [-0.05, 0) is 70.5 Å². The second kappa shape index (κ2) is 8.29. The summed E-state index contributed by atoms with van der Waals surface area (Å²) in [4.78, 5) is 0. The third kappa shape index (κ3) is 3.54. The van der Waals surface area contributed by atoms with Gasteiger partial charge >= 0.3 is 0 Å². The maximum atomic E-state index is 5.56. The highest BCUT2D eigenvalue weighted by Gasteiger charge is 2.43. The summed E-state index contributed by atoms with van der Waals surface area (Å²) in [6, 6.07) is 32.6. The Morgan fingerprint density at radius 2 is 1.19 bits per heavy atom. The Balaban J connectivity index is 1.76. The van der Waals surface area contributed by atoms with Gasteiger partial charge in [-0.2, -0.15) is 0 Å². The van der Waals surface area contributed by atoms with Crippen molar-refractivity contribution in [2.24, 2.45) is 0 Å². The number of benzene rings is 4. The molecule has 0 aromatic heterocycles. The van der Waals surface area contributed by atoms with Crippen LogP contribution in [0.2, 0.25) is 0 Å². The molecule has 154 valence electrons. The summed E-state index contributed by atoms with van der Waals surface area (Å²) >= 11 is 7.61. The smallest absolute Gasteiger partial charge is 0.119 e. The molecule has 0 heterocycles. The van der Waals surface area contributed by atoms with E-state index in [-0.39, 0.29) is 5.41 Å². The lowest BCUT2D eigenvalue weighted by atomic mass is 9.69. The molecule has 0 atom stereocenters. The van der Waals surface area contributed by atoms with Crippen LogP contribution in [0, 0.1) is 0 Å². The number of methoxy groups -OCH3 is 1. The van der Waals surface area contributed by atoms with Crippen molar-refractivity contribution in [3.63, 3.8) is 0 Å². The van der Waals surface area contributed by atoms with Gasteiger partial charge in [-0.1, -0.05) is 98.6 Å². The minimum atomic E-state index is -0.175. The van der Waals surface area contributed by atoms with Crippen LogP contribution in [-0.4, -0.2) is 7.11 Å². The molecule has 3 heteroatoms. The molecule has 0 radical (unpaired) electrons. The molecule has 4 aromatic rings. The quantitative estimate of drug-likeness (QED) is 0.252. The number of fused-ring (bicyclic) bond motifs is 3. The van der Waals surface area contributed by atoms with Crippen molar-refractivity contribution >= 4 is 31.9 Å². The molecule has 0 spiro atoms. The molecule has 0 saturated heterocycles. The summed E-state index contributed by atoms with van der Waals surface area (Å²) in [6.07, 6.45) is 1.78. The Kier molecular flexibility index (Phi) is 5.49. The molecule has 0 bridgehead atoms. The monoisotopic (exact) mass is 532 g/mol. The Bertz CT molecular complexity index is 1220. The average Bonchev–Trinajstić information content (AvgIpc) is 3.07. The Morgan fingerprint density at radius 3 is 1.84 bits per heavy atom. The molecule has 31 heavy (non-hydrogen) atoms. The van der Waals surface area contributed by atoms with Gasteiger partial charge in [0.05, 0.1) is 7.11 Å². The van der Waals surface area contributed by atoms with Gasteiger partial charge < -0.3 is 4.74 Å². The third-order valence-corrected chi connectivity index (χ3v) is 7.92. The Morgan fingerprint density at radius 1 is 0.645 bits per heavy atom. The number of rotatable bonds is 5. The van der Waals surface area contributed by atoms with E-state index in [1.54, 1.807) is 7.11 Å². The fourth-order valence-corrected chi connectivity index (χ4v) is 5.78. The normalized spacial score (nSPS) is 13.5. The molecule has 0 N–H and O–H groups in total. The predicted molar refractivity (Wildman–Crippen MR) is 135 cm³/mol. The minimum absolute atomic E-state index is 0.175. The number of hydrogen-bond donors (Lipinski definition) is 0. The van der Waals surface area contributed by atoms with Crippen LogP contribution in [0.1, 0.15) is 22.3 Å². The molecule has 1 aliphatic carbocycles. The van der Waals surface area contributed by atoms with Crippen molar-refractivity contribution in [1.29, 1.82) is 0 Å². The van der Waals surface area contributed by atoms with Crippen LogP contribution < -0.4 is 4.74 Å². The summed E-state index contributed by atoms with van der Waals surface area (Å²) < 4.78 is 7.82. The van der Waals surface area contributed by atoms with Crippen molar-refractivity contribution in [2.45, 2.75) is 18.3 Å². The fourth-order valence-electron chi connectivity index (χ4n) is 4.96. The second-order valence-electron chi connectivity index (χ2n) is 8.08. The van der Waals surface area contributed by atoms with E-state index in [2.05, 4.69) is 117 Å². The zero-order valence-electron chi connectivity index (χ0n) is 17.2. The summed E-state index contributed by atoms with van der Waals surface area (Å²) in [7, 11) is 1.73. The highest BCUT2D eigenvalue weighted by Crippen LogP contribution is 2.53. The van der Waals surface area contributed by atoms with Crippen LogP contribution in [0.3, 0.4) is 0 Å². The van der Waals surface area contributed by atoms with Crippen LogP contribution in [0.4, 0.5) is 0 Å². The van der Waals surface area contributed by atoms with E-state index in [1.807, 2.05) is 6.07 Å². The number of ether oxygens (including phenoxy) is 1. The standard InChI is InChI=1S/C28H22Br2O/c1-31-21-14-15-27(30)20(16-21)18-28(17-19-8-2-7-13-26(19)29)24-11-5-3-9-22(24)23-10-4-6-12-25(23)28/h2-16H,17-18H2,1H3. The van der Waals surface area contributed by atoms with Gasteiger partial charge in [-0.25, -0.2) is 0 Å². The summed E-state index contributed by atoms with van der Waals surface area (Å²) in [5.74, 6) is 0.883. The van der Waals surface area contributed by atoms with Crippen LogP contribution in [0.25, 0.3) is 11.1 Å². The highest BCUT2D eigenvalue weighted by atomic mass is 79.9. The van der Waals surface area contributed by atoms with E-state index in [0.717, 1.165) is 27.5 Å². The minimum Gasteiger partial charge on any atom is -0.497 e. The summed E-state index contributed by atoms with van der Waals surface area (Å²) in [5.41, 5.74) is 7.84. The molecule has 4 aromatic carbocycles. The van der Waals surface area contributed by atoms with Crippen molar-refractivity contribution in [3.8, 4) is 16.9 Å². The molecule has 1 aliphatic rings. The Hall–Kier alpha value is -2.36. The first kappa shape index (κ1) is 20.5. The lowest BCUT2D eigenvalue weighted by Gasteiger charge is -2.33. The van der Waals surface area contributed by atoms with Crippen molar-refractivity contribution in [3.05, 3.63) is 122 Å². The van der Waals surface area contributed by atoms with Gasteiger partial charge in [0, 0.05) is 14.4 Å². The molecule has 0 amide bonds. The lowest BCUT2D eigenvalue weighted by molar-refractivity contribution is 0.413. The lowest BCUT2D eigenvalue weighted by Crippen LogP contribution is -2.31. The molecule has 0 fully saturated rings. The van der Waals surface area contributed by atoms with E-state index in [9.17, 15) is 0 Å². The zero-order valence-corrected chi connectivity index (χ0v) is 20.4. The van der Waals surface area contributed by atoms with Gasteiger partial charge in [0.25, 0.3) is 0 Å². The van der Waals surface area contributed by atoms with Crippen LogP contribution in [0.15, 0.2) is 99.9 Å². The SMILES string of the molecule is COc1ccc(Br)c(CC2(Cc3ccccc3Br)c3ccccc3-c3ccccc32)c1. The molecule has 1 nitrogen and oxygen atoms in total. The Labute approximate surface area is 200 Å². The van der Waals surface area contributed by atoms with E-state index < -0.39 is 0 Å². The molecule has 5 rings (SSSR count). The second-order valence-corrected chi connectivity index (χ2v) is 9.78. The van der Waals surface area contributed by atoms with Gasteiger partial charge in [-0.3, -0.25) is 0 Å². The number of halogens is 2. The van der Waals surface area contributed by atoms with Crippen LogP contribution >= 0.6 is 31.9 Å². The first-order chi connectivity index (χ1) is 15.1. The fraction of sp³-hybridized carbons (Fsp3) is 0.143. The van der Waals surface area contributed by atoms with Gasteiger partial charge in [0.2, 0.25) is 0 Å². The zero-order chi connectivity index (χ0) is 21.4. The maximum Gasteiger partial charge on any atom is 0.119 e. The van der Waals surface area contributed by atoms with Crippen molar-refractivity contribution < 1.29 is 4.74 Å². The topological polar surface area (TPSA) is 9.23 Å². The van der Waals surface area contributed by atoms with Gasteiger partial charge in [-0.15, -0.1) is 0 Å². The molecule has 0 unspecified atom stereocenters. The van der Waals surface area contributed by atoms with Gasteiger partial charge in [0.1, 0.15) is 5.75 Å². The van der Waals surface area contributed by atoms with Crippen LogP contribution in [0.5, 0.6) is 5.75 Å². The molecule has 0 aliphatic heterocycles. The molecule has 0 saturated carbocycles. The van der Waals surface area contributed by atoms with Crippen LogP contribution in [-0.2, 0) is 18.3 Å². The van der Waals surface area contributed by atoms with Crippen molar-refractivity contribution in [1.82, 2.24) is 0 Å². The summed E-state index contributed by atoms with van der Waals surface area (Å²) in [6.45, 7) is 0. The summed E-state index contributed by atoms with van der Waals surface area (Å²) in [5, 5.41) is 0. The first-order valence-corrected chi connectivity index (χ1v) is 12.0. The van der Waals surface area contributed by atoms with Crippen molar-refractivity contribution in [2.75, 3.05) is 7.11 Å². The first-order valence-electron chi connectivity index (χ1n) is 10.4. The number of hydrogen-bond acceptors (Lipinski definition) is 1. The van der Waals surface area contributed by atoms with E-state index in [4.69, 9.17) is 4.74 Å². The van der Waals surface area contributed by atoms with E-state index >= 15 is 0 Å². The predicted octanol–water partition coefficient (Wildman–Crippen LogP) is 7.97. The van der Waals surface area contributed by atoms with E-state index in [1.165, 1.54) is 33.4 Å². The maximum absolute atomic E-state index is 5.56. The van der Waals surface area contributed by atoms with E-state index in [0.29, 0.717) is 0 Å². The van der Waals surface area contributed by atoms with Gasteiger partial charge in [0.15, 0.2) is 0 Å².